The number of benzene rings is 1. The molecule has 0 bridgehead atoms. The molecule has 1 aromatic carbocycles. The molecule has 8 nitrogen and oxygen atoms in total. The first kappa shape index (κ1) is 15.9. The highest BCUT2D eigenvalue weighted by atomic mass is 16.6. The van der Waals surface area contributed by atoms with Gasteiger partial charge in [0.05, 0.1) is 0 Å². The van der Waals surface area contributed by atoms with Crippen LogP contribution < -0.4 is 19.7 Å². The standard InChI is InChI=1S/C16H17N3O5/c1-10-7-15(18-24-10)19(11(2)20)9-16(21)17-12-3-4-13-14(8-12)23-6-5-22-13/h3-4,7-8H,5-6,9H2,1-2H3,(H,17,21). The fraction of sp³-hybridized carbons (Fsp3) is 0.312. The quantitative estimate of drug-likeness (QED) is 0.917. The molecular weight excluding hydrogens is 314 g/mol. The molecule has 0 spiro atoms. The highest BCUT2D eigenvalue weighted by Crippen LogP contribution is 2.32. The van der Waals surface area contributed by atoms with Crippen molar-refractivity contribution in [2.24, 2.45) is 0 Å². The van der Waals surface area contributed by atoms with E-state index in [-0.39, 0.29) is 18.4 Å². The third-order valence-corrected chi connectivity index (χ3v) is 3.40. The van der Waals surface area contributed by atoms with Gasteiger partial charge in [-0.15, -0.1) is 0 Å². The van der Waals surface area contributed by atoms with Gasteiger partial charge in [0.2, 0.25) is 11.8 Å². The van der Waals surface area contributed by atoms with Gasteiger partial charge in [0.25, 0.3) is 0 Å². The Hall–Kier alpha value is -3.03. The van der Waals surface area contributed by atoms with E-state index >= 15 is 0 Å². The molecule has 2 aromatic rings. The van der Waals surface area contributed by atoms with Crippen molar-refractivity contribution in [3.63, 3.8) is 0 Å². The molecule has 8 heteroatoms. The molecule has 24 heavy (non-hydrogen) atoms. The van der Waals surface area contributed by atoms with E-state index in [1.807, 2.05) is 0 Å². The van der Waals surface area contributed by atoms with Gasteiger partial charge in [0, 0.05) is 24.7 Å². The summed E-state index contributed by atoms with van der Waals surface area (Å²) in [5.74, 6) is 1.42. The van der Waals surface area contributed by atoms with Gasteiger partial charge in [0.15, 0.2) is 17.3 Å². The highest BCUT2D eigenvalue weighted by molar-refractivity contribution is 6.01. The number of anilines is 2. The predicted octanol–water partition coefficient (Wildman–Crippen LogP) is 1.75. The Morgan fingerprint density at radius 1 is 1.21 bits per heavy atom. The van der Waals surface area contributed by atoms with E-state index in [4.69, 9.17) is 14.0 Å². The second-order valence-electron chi connectivity index (χ2n) is 5.31. The van der Waals surface area contributed by atoms with Gasteiger partial charge in [-0.3, -0.25) is 14.5 Å². The Balaban J connectivity index is 1.69. The van der Waals surface area contributed by atoms with Crippen molar-refractivity contribution in [2.45, 2.75) is 13.8 Å². The number of fused-ring (bicyclic) bond motifs is 1. The Morgan fingerprint density at radius 2 is 1.96 bits per heavy atom. The van der Waals surface area contributed by atoms with E-state index < -0.39 is 0 Å². The van der Waals surface area contributed by atoms with Crippen molar-refractivity contribution in [2.75, 3.05) is 30.0 Å². The number of aromatic nitrogens is 1. The van der Waals surface area contributed by atoms with E-state index in [1.54, 1.807) is 31.2 Å². The Morgan fingerprint density at radius 3 is 2.62 bits per heavy atom. The molecule has 0 fully saturated rings. The largest absolute Gasteiger partial charge is 0.486 e. The molecule has 0 aliphatic carbocycles. The molecule has 0 atom stereocenters. The number of ether oxygens (including phenoxy) is 2. The van der Waals surface area contributed by atoms with E-state index in [2.05, 4.69) is 10.5 Å². The van der Waals surface area contributed by atoms with Crippen LogP contribution in [0.15, 0.2) is 28.8 Å². The van der Waals surface area contributed by atoms with E-state index in [9.17, 15) is 9.59 Å². The first-order valence-electron chi connectivity index (χ1n) is 7.44. The molecule has 0 radical (unpaired) electrons. The van der Waals surface area contributed by atoms with Gasteiger partial charge in [0.1, 0.15) is 25.5 Å². The zero-order valence-corrected chi connectivity index (χ0v) is 13.4. The lowest BCUT2D eigenvalue weighted by Gasteiger charge is -2.20. The summed E-state index contributed by atoms with van der Waals surface area (Å²) in [5.41, 5.74) is 0.559. The third kappa shape index (κ3) is 3.48. The average molecular weight is 331 g/mol. The van der Waals surface area contributed by atoms with Crippen molar-refractivity contribution in [1.82, 2.24) is 5.16 Å². The summed E-state index contributed by atoms with van der Waals surface area (Å²) >= 11 is 0. The lowest BCUT2D eigenvalue weighted by atomic mass is 10.2. The van der Waals surface area contributed by atoms with Crippen molar-refractivity contribution < 1.29 is 23.6 Å². The summed E-state index contributed by atoms with van der Waals surface area (Å²) in [7, 11) is 0. The van der Waals surface area contributed by atoms with Gasteiger partial charge in [-0.25, -0.2) is 0 Å². The first-order valence-corrected chi connectivity index (χ1v) is 7.44. The maximum absolute atomic E-state index is 12.2. The van der Waals surface area contributed by atoms with Crippen LogP contribution >= 0.6 is 0 Å². The van der Waals surface area contributed by atoms with Crippen LogP contribution in [0, 0.1) is 6.92 Å². The Bertz CT molecular complexity index is 771. The smallest absolute Gasteiger partial charge is 0.244 e. The summed E-state index contributed by atoms with van der Waals surface area (Å²) in [6, 6.07) is 6.72. The number of amides is 2. The molecule has 1 N–H and O–H groups in total. The molecule has 0 saturated heterocycles. The maximum atomic E-state index is 12.2. The van der Waals surface area contributed by atoms with Crippen LogP contribution in [0.25, 0.3) is 0 Å². The van der Waals surface area contributed by atoms with Gasteiger partial charge in [-0.2, -0.15) is 0 Å². The normalized spacial score (nSPS) is 12.6. The number of carbonyl (C=O) groups is 2. The number of carbonyl (C=O) groups excluding carboxylic acids is 2. The molecule has 1 aliphatic heterocycles. The Labute approximate surface area is 138 Å². The summed E-state index contributed by atoms with van der Waals surface area (Å²) < 4.78 is 15.9. The van der Waals surface area contributed by atoms with E-state index in [1.165, 1.54) is 11.8 Å². The maximum Gasteiger partial charge on any atom is 0.244 e. The average Bonchev–Trinajstić information content (AvgIpc) is 2.98. The fourth-order valence-corrected chi connectivity index (χ4v) is 2.30. The molecule has 1 aliphatic rings. The Kier molecular flexibility index (Phi) is 4.37. The summed E-state index contributed by atoms with van der Waals surface area (Å²) in [5, 5.41) is 6.50. The molecule has 0 unspecified atom stereocenters. The van der Waals surface area contributed by atoms with E-state index in [0.717, 1.165) is 0 Å². The van der Waals surface area contributed by atoms with Crippen LogP contribution in [0.1, 0.15) is 12.7 Å². The number of nitrogens with one attached hydrogen (secondary N) is 1. The monoisotopic (exact) mass is 331 g/mol. The molecular formula is C16H17N3O5. The topological polar surface area (TPSA) is 93.9 Å². The van der Waals surface area contributed by atoms with Crippen LogP contribution in [0.3, 0.4) is 0 Å². The zero-order chi connectivity index (χ0) is 17.1. The second kappa shape index (κ2) is 6.61. The lowest BCUT2D eigenvalue weighted by molar-refractivity contribution is -0.120. The van der Waals surface area contributed by atoms with Gasteiger partial charge < -0.3 is 19.3 Å². The number of nitrogens with zero attached hydrogens (tertiary/aromatic N) is 2. The molecule has 3 rings (SSSR count). The van der Waals surface area contributed by atoms with Crippen molar-refractivity contribution in [3.05, 3.63) is 30.0 Å². The predicted molar refractivity (Wildman–Crippen MR) is 85.3 cm³/mol. The highest BCUT2D eigenvalue weighted by Gasteiger charge is 2.20. The van der Waals surface area contributed by atoms with E-state index in [0.29, 0.717) is 42.0 Å². The van der Waals surface area contributed by atoms with Crippen molar-refractivity contribution in [3.8, 4) is 11.5 Å². The first-order chi connectivity index (χ1) is 11.5. The van der Waals surface area contributed by atoms with Crippen molar-refractivity contribution in [1.29, 1.82) is 0 Å². The number of hydrogen-bond donors (Lipinski definition) is 1. The number of hydrogen-bond acceptors (Lipinski definition) is 6. The second-order valence-corrected chi connectivity index (χ2v) is 5.31. The van der Waals surface area contributed by atoms with Crippen LogP contribution in [0.4, 0.5) is 11.5 Å². The van der Waals surface area contributed by atoms with Crippen LogP contribution in [-0.2, 0) is 9.59 Å². The zero-order valence-electron chi connectivity index (χ0n) is 13.4. The minimum absolute atomic E-state index is 0.171. The molecule has 1 aromatic heterocycles. The lowest BCUT2D eigenvalue weighted by Crippen LogP contribution is -2.36. The molecule has 126 valence electrons. The van der Waals surface area contributed by atoms with Gasteiger partial charge in [-0.05, 0) is 19.1 Å². The molecule has 2 heterocycles. The van der Waals surface area contributed by atoms with Crippen LogP contribution in [0.5, 0.6) is 11.5 Å². The van der Waals surface area contributed by atoms with Gasteiger partial charge >= 0.3 is 0 Å². The van der Waals surface area contributed by atoms with Crippen LogP contribution in [0.2, 0.25) is 0 Å². The molecule has 0 saturated carbocycles. The summed E-state index contributed by atoms with van der Waals surface area (Å²) in [6.07, 6.45) is 0. The number of rotatable bonds is 4. The van der Waals surface area contributed by atoms with Gasteiger partial charge in [-0.1, -0.05) is 5.16 Å². The van der Waals surface area contributed by atoms with Crippen molar-refractivity contribution >= 4 is 23.3 Å². The summed E-state index contributed by atoms with van der Waals surface area (Å²) in [4.78, 5) is 25.2. The number of aryl methyl sites for hydroxylation is 1. The third-order valence-electron chi connectivity index (χ3n) is 3.40. The van der Waals surface area contributed by atoms with Crippen LogP contribution in [-0.4, -0.2) is 36.7 Å². The molecule has 2 amide bonds. The minimum Gasteiger partial charge on any atom is -0.486 e. The fourth-order valence-electron chi connectivity index (χ4n) is 2.30. The minimum atomic E-state index is -0.359. The SMILES string of the molecule is CC(=O)N(CC(=O)Nc1ccc2c(c1)OCCO2)c1cc(C)on1. The summed E-state index contributed by atoms with van der Waals surface area (Å²) in [6.45, 7) is 3.87.